The van der Waals surface area contributed by atoms with Crippen molar-refractivity contribution in [2.45, 2.75) is 54.1 Å². The molecule has 1 heterocycles. The Hall–Kier alpha value is -8.56. The molecule has 1 aliphatic heterocycles. The second kappa shape index (κ2) is 34.8. The van der Waals surface area contributed by atoms with Crippen molar-refractivity contribution in [1.82, 2.24) is 0 Å². The van der Waals surface area contributed by atoms with E-state index in [2.05, 4.69) is 0 Å². The van der Waals surface area contributed by atoms with Gasteiger partial charge in [-0.3, -0.25) is 0 Å². The first kappa shape index (κ1) is 63.0. The molecule has 20 heteroatoms. The Morgan fingerprint density at radius 3 is 0.679 bits per heavy atom. The number of carbonyl (C=O) groups excluding carboxylic acids is 4. The van der Waals surface area contributed by atoms with Crippen molar-refractivity contribution < 1.29 is 95.0 Å². The Morgan fingerprint density at radius 2 is 0.488 bits per heavy atom. The lowest BCUT2D eigenvalue weighted by atomic mass is 10.1. The molecule has 6 aromatic rings. The van der Waals surface area contributed by atoms with E-state index in [1.165, 1.54) is 0 Å². The van der Waals surface area contributed by atoms with Crippen LogP contribution in [-0.2, 0) is 64.3 Å². The van der Waals surface area contributed by atoms with E-state index in [-0.39, 0.29) is 132 Å². The van der Waals surface area contributed by atoms with Gasteiger partial charge >= 0.3 is 23.9 Å². The van der Waals surface area contributed by atoms with Gasteiger partial charge in [-0.05, 0) is 171 Å². The maximum absolute atomic E-state index is 12.3. The van der Waals surface area contributed by atoms with Crippen LogP contribution in [0.15, 0.2) is 121 Å². The molecule has 0 aromatic heterocycles. The van der Waals surface area contributed by atoms with Crippen molar-refractivity contribution in [2.75, 3.05) is 106 Å². The maximum Gasteiger partial charge on any atom is 0.338 e. The summed E-state index contributed by atoms with van der Waals surface area (Å²) >= 11 is 0. The van der Waals surface area contributed by atoms with Gasteiger partial charge in [-0.15, -0.1) is 0 Å². The van der Waals surface area contributed by atoms with E-state index in [4.69, 9.17) is 75.8 Å². The van der Waals surface area contributed by atoms with Crippen LogP contribution in [0.25, 0.3) is 0 Å². The second-order valence-electron chi connectivity index (χ2n) is 18.1. The zero-order chi connectivity index (χ0) is 59.1. The number of fused-ring (bicyclic) bond motifs is 2. The molecular weight excluding hydrogens is 1090 g/mol. The molecule has 0 radical (unpaired) electrons. The molecule has 0 atom stereocenters. The Bertz CT molecular complexity index is 2580. The summed E-state index contributed by atoms with van der Waals surface area (Å²) in [5, 5.41) is 0. The zero-order valence-electron chi connectivity index (χ0n) is 47.9. The number of rotatable bonds is 20. The van der Waals surface area contributed by atoms with E-state index in [1.807, 2.05) is 24.3 Å². The summed E-state index contributed by atoms with van der Waals surface area (Å²) < 4.78 is 94.3. The molecule has 7 rings (SSSR count). The second-order valence-corrected chi connectivity index (χ2v) is 18.1. The zero-order valence-corrected chi connectivity index (χ0v) is 47.9. The van der Waals surface area contributed by atoms with Gasteiger partial charge in [0.25, 0.3) is 0 Å². The van der Waals surface area contributed by atoms with Gasteiger partial charge in [0.1, 0.15) is 75.9 Å². The fourth-order valence-electron chi connectivity index (χ4n) is 8.01. The van der Waals surface area contributed by atoms with Crippen molar-refractivity contribution in [3.05, 3.63) is 166 Å². The third-order valence-corrected chi connectivity index (χ3v) is 12.3. The quantitative estimate of drug-likeness (QED) is 0.0513. The lowest BCUT2D eigenvalue weighted by Gasteiger charge is -2.19. The molecule has 0 spiro atoms. The normalized spacial score (nSPS) is 13.7. The van der Waals surface area contributed by atoms with Crippen molar-refractivity contribution in [2.24, 2.45) is 0 Å². The molecule has 448 valence electrons. The molecule has 20 nitrogen and oxygen atoms in total. The SMILES string of the molecule is CCOC(=O)c1ccc(OCc2cc3c(cc2COc2ccc(C(=O)OCC)cc2)OCCOCCOCCOc2cc(COc4ccc(C(=O)OCC)cc4)c(COc4ccc(C(=O)OCC)cc4)cc2OCCOCCOCCO3)cc1. The Morgan fingerprint density at radius 1 is 0.298 bits per heavy atom. The minimum absolute atomic E-state index is 0.103. The minimum atomic E-state index is -0.426. The molecule has 84 heavy (non-hydrogen) atoms. The van der Waals surface area contributed by atoms with E-state index in [0.717, 1.165) is 22.3 Å². The standard InChI is InChI=1S/C64H72O20/c1-5-73-61(65)45-9-17-53(18-10-45)81-41-49-37-57-58(38-50(49)42-82-54-19-11-46(12-20-54)62(66)74-6-2)78-34-30-70-27-28-72-32-36-80-60-40-52(44-84-56-23-15-48(16-24-56)64(68)76-8-4)51(39-59(60)79-35-31-71-26-25-69-29-33-77-57)43-83-55-21-13-47(14-22-55)63(67)75-7-3/h9-24,37-40H,5-8,25-36,41-44H2,1-4H3. The van der Waals surface area contributed by atoms with Crippen molar-refractivity contribution in [3.63, 3.8) is 0 Å². The highest BCUT2D eigenvalue weighted by atomic mass is 16.6. The van der Waals surface area contributed by atoms with Gasteiger partial charge in [-0.2, -0.15) is 0 Å². The largest absolute Gasteiger partial charge is 0.489 e. The number of hydrogen-bond acceptors (Lipinski definition) is 20. The number of benzene rings is 6. The Labute approximate surface area is 488 Å². The van der Waals surface area contributed by atoms with Crippen molar-refractivity contribution in [3.8, 4) is 46.0 Å². The van der Waals surface area contributed by atoms with Crippen LogP contribution in [0.2, 0.25) is 0 Å². The first-order chi connectivity index (χ1) is 41.1. The van der Waals surface area contributed by atoms with Gasteiger partial charge in [0.15, 0.2) is 23.0 Å². The van der Waals surface area contributed by atoms with Crippen molar-refractivity contribution in [1.29, 1.82) is 0 Å². The smallest absolute Gasteiger partial charge is 0.338 e. The fourth-order valence-corrected chi connectivity index (χ4v) is 8.01. The van der Waals surface area contributed by atoms with Crippen LogP contribution >= 0.6 is 0 Å². The molecule has 1 aliphatic rings. The summed E-state index contributed by atoms with van der Waals surface area (Å²) in [5.74, 6) is 2.12. The van der Waals surface area contributed by atoms with Crippen LogP contribution in [0.4, 0.5) is 0 Å². The molecule has 6 aromatic carbocycles. The highest BCUT2D eigenvalue weighted by Gasteiger charge is 2.19. The number of esters is 4. The van der Waals surface area contributed by atoms with E-state index in [0.29, 0.717) is 68.2 Å². The van der Waals surface area contributed by atoms with E-state index >= 15 is 0 Å². The molecule has 0 amide bonds. The fraction of sp³-hybridized carbons (Fsp3) is 0.375. The average molecular weight is 1160 g/mol. The lowest BCUT2D eigenvalue weighted by molar-refractivity contribution is 0.0223. The first-order valence-corrected chi connectivity index (χ1v) is 27.9. The van der Waals surface area contributed by atoms with Gasteiger partial charge in [-0.1, -0.05) is 0 Å². The first-order valence-electron chi connectivity index (χ1n) is 27.9. The van der Waals surface area contributed by atoms with Crippen molar-refractivity contribution >= 4 is 23.9 Å². The van der Waals surface area contributed by atoms with Crippen LogP contribution in [0, 0.1) is 0 Å². The van der Waals surface area contributed by atoms with Crippen LogP contribution in [0.1, 0.15) is 91.4 Å². The van der Waals surface area contributed by atoms with Gasteiger partial charge in [0.05, 0.1) is 102 Å². The van der Waals surface area contributed by atoms with Crippen LogP contribution < -0.4 is 37.9 Å². The maximum atomic E-state index is 12.3. The van der Waals surface area contributed by atoms with E-state index in [1.54, 1.807) is 125 Å². The molecule has 0 unspecified atom stereocenters. The summed E-state index contributed by atoms with van der Waals surface area (Å²) in [6.07, 6.45) is 0. The van der Waals surface area contributed by atoms with Crippen LogP contribution in [-0.4, -0.2) is 130 Å². The third kappa shape index (κ3) is 20.4. The van der Waals surface area contributed by atoms with Gasteiger partial charge in [0, 0.05) is 0 Å². The molecule has 0 N–H and O–H groups in total. The third-order valence-electron chi connectivity index (χ3n) is 12.3. The number of hydrogen-bond donors (Lipinski definition) is 0. The summed E-state index contributed by atoms with van der Waals surface area (Å²) in [5.41, 5.74) is 4.53. The topological polar surface area (TPSA) is 216 Å². The highest BCUT2D eigenvalue weighted by molar-refractivity contribution is 5.91. The van der Waals surface area contributed by atoms with Gasteiger partial charge < -0.3 is 75.8 Å². The summed E-state index contributed by atoms with van der Waals surface area (Å²) in [6.45, 7) is 11.1. The molecule has 0 saturated heterocycles. The predicted molar refractivity (Wildman–Crippen MR) is 305 cm³/mol. The summed E-state index contributed by atoms with van der Waals surface area (Å²) in [4.78, 5) is 49.2. The molecule has 0 bridgehead atoms. The molecule has 0 aliphatic carbocycles. The minimum Gasteiger partial charge on any atom is -0.489 e. The monoisotopic (exact) mass is 1160 g/mol. The number of carbonyl (C=O) groups is 4. The summed E-state index contributed by atoms with van der Waals surface area (Å²) in [6, 6.07) is 34.0. The van der Waals surface area contributed by atoms with Crippen LogP contribution in [0.3, 0.4) is 0 Å². The van der Waals surface area contributed by atoms with E-state index in [9.17, 15) is 19.2 Å². The molecule has 0 saturated carbocycles. The highest BCUT2D eigenvalue weighted by Crippen LogP contribution is 2.35. The van der Waals surface area contributed by atoms with E-state index < -0.39 is 23.9 Å². The Balaban J connectivity index is 1.02. The molecule has 0 fully saturated rings. The lowest BCUT2D eigenvalue weighted by Crippen LogP contribution is -2.16. The molecular formula is C64H72O20. The van der Waals surface area contributed by atoms with Crippen LogP contribution in [0.5, 0.6) is 46.0 Å². The Kier molecular flexibility index (Phi) is 26.1. The summed E-state index contributed by atoms with van der Waals surface area (Å²) in [7, 11) is 0. The van der Waals surface area contributed by atoms with Gasteiger partial charge in [-0.25, -0.2) is 19.2 Å². The average Bonchev–Trinajstić information content (AvgIpc) is 3.32. The number of ether oxygens (including phenoxy) is 16. The predicted octanol–water partition coefficient (Wildman–Crippen LogP) is 10.0. The van der Waals surface area contributed by atoms with Gasteiger partial charge in [0.2, 0.25) is 0 Å².